The van der Waals surface area contributed by atoms with Crippen molar-refractivity contribution in [3.05, 3.63) is 158 Å². The van der Waals surface area contributed by atoms with E-state index in [4.69, 9.17) is 9.97 Å². The summed E-state index contributed by atoms with van der Waals surface area (Å²) in [5.74, 6) is 1.60. The van der Waals surface area contributed by atoms with Crippen LogP contribution in [0.5, 0.6) is 0 Å². The maximum Gasteiger partial charge on any atom is 0.162 e. The van der Waals surface area contributed by atoms with Crippen LogP contribution in [0, 0.1) is 0 Å². The molecule has 0 atom stereocenters. The molecule has 50 heavy (non-hydrogen) atoms. The van der Waals surface area contributed by atoms with Crippen molar-refractivity contribution in [1.29, 1.82) is 0 Å². The van der Waals surface area contributed by atoms with E-state index in [1.165, 1.54) is 70.4 Å². The largest absolute Gasteiger partial charge is 0.308 e. The van der Waals surface area contributed by atoms with Crippen LogP contribution in [0.25, 0.3) is 110 Å². The summed E-state index contributed by atoms with van der Waals surface area (Å²) in [6, 6.07) is 56.9. The van der Waals surface area contributed by atoms with Crippen LogP contribution in [0.2, 0.25) is 0 Å². The summed E-state index contributed by atoms with van der Waals surface area (Å²) >= 11 is 0. The fourth-order valence-corrected chi connectivity index (χ4v) is 8.70. The molecule has 0 aliphatic carbocycles. The minimum absolute atomic E-state index is 0.716. The number of benzene rings is 8. The van der Waals surface area contributed by atoms with Crippen LogP contribution in [0.1, 0.15) is 0 Å². The van der Waals surface area contributed by atoms with Gasteiger partial charge < -0.3 is 4.40 Å². The predicted octanol–water partition coefficient (Wildman–Crippen LogP) is 11.9. The van der Waals surface area contributed by atoms with Gasteiger partial charge in [0.15, 0.2) is 5.82 Å². The topological polar surface area (TPSA) is 35.1 Å². The zero-order valence-electron chi connectivity index (χ0n) is 26.8. The lowest BCUT2D eigenvalue weighted by atomic mass is 10.0. The lowest BCUT2D eigenvalue weighted by molar-refractivity contribution is 1.08. The Morgan fingerprint density at radius 1 is 0.380 bits per heavy atom. The van der Waals surface area contributed by atoms with E-state index < -0.39 is 0 Å². The molecule has 4 nitrogen and oxygen atoms in total. The summed E-state index contributed by atoms with van der Waals surface area (Å²) < 4.78 is 4.88. The molecule has 0 unspecified atom stereocenters. The van der Waals surface area contributed by atoms with Gasteiger partial charge in [-0.05, 0) is 52.6 Å². The Balaban J connectivity index is 1.28. The molecule has 230 valence electrons. The Bertz CT molecular complexity index is 3380. The van der Waals surface area contributed by atoms with Crippen LogP contribution in [0.15, 0.2) is 158 Å². The van der Waals surface area contributed by atoms with Crippen molar-refractivity contribution < 1.29 is 0 Å². The fourth-order valence-electron chi connectivity index (χ4n) is 8.70. The molecule has 0 aliphatic rings. The first-order chi connectivity index (χ1) is 24.8. The van der Waals surface area contributed by atoms with Crippen LogP contribution < -0.4 is 0 Å². The maximum atomic E-state index is 5.48. The second-order valence-corrected chi connectivity index (χ2v) is 13.4. The predicted molar refractivity (Wildman–Crippen MR) is 209 cm³/mol. The average Bonchev–Trinajstić information content (AvgIpc) is 3.82. The number of hydrogen-bond donors (Lipinski definition) is 0. The third-order valence-electron chi connectivity index (χ3n) is 10.8. The van der Waals surface area contributed by atoms with E-state index in [1.54, 1.807) is 0 Å². The monoisotopic (exact) mass is 634 g/mol. The van der Waals surface area contributed by atoms with E-state index in [9.17, 15) is 0 Å². The smallest absolute Gasteiger partial charge is 0.162 e. The summed E-state index contributed by atoms with van der Waals surface area (Å²) in [5, 5.41) is 13.4. The Morgan fingerprint density at radius 3 is 1.96 bits per heavy atom. The van der Waals surface area contributed by atoms with Crippen LogP contribution in [0.3, 0.4) is 0 Å². The molecule has 0 saturated carbocycles. The molecule has 12 aromatic rings. The lowest BCUT2D eigenvalue weighted by Gasteiger charge is -2.14. The molecule has 0 amide bonds. The molecule has 0 radical (unpaired) electrons. The molecular weight excluding hydrogens is 609 g/mol. The highest BCUT2D eigenvalue weighted by molar-refractivity contribution is 6.34. The molecule has 12 rings (SSSR count). The van der Waals surface area contributed by atoms with Crippen molar-refractivity contribution >= 4 is 92.3 Å². The van der Waals surface area contributed by atoms with Gasteiger partial charge in [-0.2, -0.15) is 0 Å². The van der Waals surface area contributed by atoms with Crippen LogP contribution in [0.4, 0.5) is 0 Å². The number of aromatic nitrogens is 4. The molecule has 0 bridgehead atoms. The molecule has 8 aromatic carbocycles. The number of para-hydroxylation sites is 3. The Labute approximate surface area is 285 Å². The summed E-state index contributed by atoms with van der Waals surface area (Å²) in [5.41, 5.74) is 7.96. The number of rotatable bonds is 2. The van der Waals surface area contributed by atoms with Gasteiger partial charge in [0.05, 0.1) is 33.1 Å². The molecule has 0 saturated heterocycles. The van der Waals surface area contributed by atoms with Gasteiger partial charge in [0, 0.05) is 48.7 Å². The van der Waals surface area contributed by atoms with Gasteiger partial charge in [-0.25, -0.2) is 9.97 Å². The van der Waals surface area contributed by atoms with Gasteiger partial charge in [-0.3, -0.25) is 4.57 Å². The van der Waals surface area contributed by atoms with Gasteiger partial charge in [-0.15, -0.1) is 0 Å². The second-order valence-electron chi connectivity index (χ2n) is 13.4. The van der Waals surface area contributed by atoms with E-state index in [-0.39, 0.29) is 0 Å². The first-order valence-corrected chi connectivity index (χ1v) is 17.1. The van der Waals surface area contributed by atoms with Gasteiger partial charge in [0.1, 0.15) is 5.82 Å². The quantitative estimate of drug-likeness (QED) is 0.190. The zero-order chi connectivity index (χ0) is 32.5. The van der Waals surface area contributed by atoms with E-state index in [0.29, 0.717) is 5.82 Å². The minimum Gasteiger partial charge on any atom is -0.308 e. The maximum absolute atomic E-state index is 5.48. The highest BCUT2D eigenvalue weighted by Crippen LogP contribution is 2.46. The molecule has 0 fully saturated rings. The third-order valence-corrected chi connectivity index (χ3v) is 10.8. The van der Waals surface area contributed by atoms with Crippen molar-refractivity contribution in [2.45, 2.75) is 0 Å². The van der Waals surface area contributed by atoms with Gasteiger partial charge in [-0.1, -0.05) is 121 Å². The highest BCUT2D eigenvalue weighted by atomic mass is 15.1. The molecule has 0 aliphatic heterocycles. The highest BCUT2D eigenvalue weighted by Gasteiger charge is 2.24. The number of fused-ring (bicyclic) bond motifs is 14. The molecule has 4 heterocycles. The van der Waals surface area contributed by atoms with Gasteiger partial charge in [0.25, 0.3) is 0 Å². The molecule has 4 aromatic heterocycles. The molecule has 0 N–H and O–H groups in total. The molecular formula is C46H26N4. The SMILES string of the molecule is c1ccc2cc(-c3nc(-n4c5ccc6c(c7cccc8c9ccccc9n6c87)c5c5ccc6ccccc6c54)c4ccccc4n3)ccc2c1. The standard InChI is InChI=1S/C46H26N4/c1-2-12-29-26-30(21-20-27(29)10-1)45-47-37-18-7-5-15-34(37)46(48-45)50-40-25-24-39-41(42(40)36-23-22-28-11-3-4-13-31(28)43(36)50)35-17-9-16-33-32-14-6-8-19-38(32)49(39)44(33)35/h1-26H. The number of nitrogens with zero attached hydrogens (tertiary/aromatic N) is 4. The summed E-state index contributed by atoms with van der Waals surface area (Å²) in [4.78, 5) is 10.6. The van der Waals surface area contributed by atoms with Gasteiger partial charge >= 0.3 is 0 Å². The first-order valence-electron chi connectivity index (χ1n) is 17.1. The zero-order valence-corrected chi connectivity index (χ0v) is 26.8. The Kier molecular flexibility index (Phi) is 4.94. The average molecular weight is 635 g/mol. The van der Waals surface area contributed by atoms with Crippen molar-refractivity contribution in [2.75, 3.05) is 0 Å². The minimum atomic E-state index is 0.716. The van der Waals surface area contributed by atoms with Crippen molar-refractivity contribution in [2.24, 2.45) is 0 Å². The van der Waals surface area contributed by atoms with Crippen molar-refractivity contribution in [1.82, 2.24) is 18.9 Å². The number of hydrogen-bond acceptors (Lipinski definition) is 2. The third kappa shape index (κ3) is 3.30. The summed E-state index contributed by atoms with van der Waals surface area (Å²) in [6.45, 7) is 0. The first kappa shape index (κ1) is 26.2. The fraction of sp³-hybridized carbons (Fsp3) is 0. The van der Waals surface area contributed by atoms with Crippen LogP contribution >= 0.6 is 0 Å². The Morgan fingerprint density at radius 2 is 1.04 bits per heavy atom. The van der Waals surface area contributed by atoms with E-state index in [1.807, 2.05) is 0 Å². The van der Waals surface area contributed by atoms with Crippen molar-refractivity contribution in [3.8, 4) is 17.2 Å². The summed E-state index contributed by atoms with van der Waals surface area (Å²) in [6.07, 6.45) is 0. The summed E-state index contributed by atoms with van der Waals surface area (Å²) in [7, 11) is 0. The van der Waals surface area contributed by atoms with E-state index in [0.717, 1.165) is 33.3 Å². The Hall–Kier alpha value is -6.78. The molecule has 4 heteroatoms. The lowest BCUT2D eigenvalue weighted by Crippen LogP contribution is -2.03. The van der Waals surface area contributed by atoms with E-state index >= 15 is 0 Å². The van der Waals surface area contributed by atoms with E-state index in [2.05, 4.69) is 167 Å². The van der Waals surface area contributed by atoms with Gasteiger partial charge in [0.2, 0.25) is 0 Å². The van der Waals surface area contributed by atoms with Crippen LogP contribution in [-0.4, -0.2) is 18.9 Å². The van der Waals surface area contributed by atoms with Crippen molar-refractivity contribution in [3.63, 3.8) is 0 Å². The van der Waals surface area contributed by atoms with Crippen LogP contribution in [-0.2, 0) is 0 Å². The second kappa shape index (κ2) is 9.43. The molecule has 0 spiro atoms. The normalized spacial score (nSPS) is 12.4.